The summed E-state index contributed by atoms with van der Waals surface area (Å²) in [6, 6.07) is 0. The highest BCUT2D eigenvalue weighted by atomic mass is 16.8. The van der Waals surface area contributed by atoms with Gasteiger partial charge in [0.25, 0.3) is 0 Å². The molecule has 0 aliphatic carbocycles. The summed E-state index contributed by atoms with van der Waals surface area (Å²) >= 11 is 0. The monoisotopic (exact) mass is 302 g/mol. The lowest BCUT2D eigenvalue weighted by Gasteiger charge is -2.34. The van der Waals surface area contributed by atoms with Gasteiger partial charge in [-0.05, 0) is 27.7 Å². The summed E-state index contributed by atoms with van der Waals surface area (Å²) in [4.78, 5) is 11.0. The van der Waals surface area contributed by atoms with Crippen LogP contribution in [0.1, 0.15) is 34.1 Å². The molecule has 0 aromatic carbocycles. The maximum Gasteiger partial charge on any atom is 0.190 e. The largest absolute Gasteiger partial charge is 0.384 e. The van der Waals surface area contributed by atoms with E-state index in [1.807, 2.05) is 0 Å². The zero-order chi connectivity index (χ0) is 15.5. The van der Waals surface area contributed by atoms with Crippen LogP contribution < -0.4 is 0 Å². The maximum atomic E-state index is 11.0. The molecule has 3 fully saturated rings. The number of fused-ring (bicyclic) bond motifs is 1. The molecule has 0 aromatic rings. The average molecular weight is 302 g/mol. The molecule has 3 heterocycles. The molecule has 7 heteroatoms. The minimum Gasteiger partial charge on any atom is -0.384 e. The van der Waals surface area contributed by atoms with Gasteiger partial charge in [0.2, 0.25) is 0 Å². The number of carbonyl (C=O) groups excluding carboxylic acids is 1. The molecule has 0 saturated carbocycles. The number of ether oxygens (including phenoxy) is 5. The quantitative estimate of drug-likeness (QED) is 0.752. The molecule has 7 nitrogen and oxygen atoms in total. The van der Waals surface area contributed by atoms with Crippen molar-refractivity contribution in [1.82, 2.24) is 0 Å². The van der Waals surface area contributed by atoms with Crippen molar-refractivity contribution in [3.8, 4) is 0 Å². The van der Waals surface area contributed by atoms with Gasteiger partial charge >= 0.3 is 0 Å². The fourth-order valence-electron chi connectivity index (χ4n) is 3.23. The van der Waals surface area contributed by atoms with Gasteiger partial charge in [-0.1, -0.05) is 0 Å². The highest BCUT2D eigenvalue weighted by Crippen LogP contribution is 2.47. The van der Waals surface area contributed by atoms with Crippen LogP contribution in [-0.4, -0.2) is 59.8 Å². The van der Waals surface area contributed by atoms with E-state index < -0.39 is 41.8 Å². The number of aldehydes is 1. The third kappa shape index (κ3) is 2.52. The van der Waals surface area contributed by atoms with Crippen molar-refractivity contribution in [3.63, 3.8) is 0 Å². The summed E-state index contributed by atoms with van der Waals surface area (Å²) in [6.45, 7) is 7.34. The number of carbonyl (C=O) groups is 1. The Morgan fingerprint density at radius 1 is 1.10 bits per heavy atom. The molecule has 2 unspecified atom stereocenters. The predicted octanol–water partition coefficient (Wildman–Crippen LogP) is 0.334. The fourth-order valence-corrected chi connectivity index (χ4v) is 3.23. The van der Waals surface area contributed by atoms with Gasteiger partial charge in [0.15, 0.2) is 17.9 Å². The Hall–Kier alpha value is -0.570. The van der Waals surface area contributed by atoms with E-state index in [1.54, 1.807) is 27.7 Å². The fraction of sp³-hybridized carbons (Fsp3) is 0.929. The zero-order valence-electron chi connectivity index (χ0n) is 12.7. The smallest absolute Gasteiger partial charge is 0.190 e. The number of aliphatic hydroxyl groups is 1. The Morgan fingerprint density at radius 3 is 2.38 bits per heavy atom. The van der Waals surface area contributed by atoms with Gasteiger partial charge in [-0.3, -0.25) is 0 Å². The van der Waals surface area contributed by atoms with Crippen molar-refractivity contribution in [2.45, 2.75) is 75.9 Å². The van der Waals surface area contributed by atoms with E-state index in [1.165, 1.54) is 0 Å². The van der Waals surface area contributed by atoms with Gasteiger partial charge in [-0.2, -0.15) is 0 Å². The van der Waals surface area contributed by atoms with Gasteiger partial charge in [-0.15, -0.1) is 0 Å². The number of hydrogen-bond donors (Lipinski definition) is 1. The molecule has 21 heavy (non-hydrogen) atoms. The highest BCUT2D eigenvalue weighted by Gasteiger charge is 2.65. The molecule has 0 aromatic heterocycles. The Kier molecular flexibility index (Phi) is 3.44. The second-order valence-corrected chi connectivity index (χ2v) is 6.71. The van der Waals surface area contributed by atoms with Crippen LogP contribution in [-0.2, 0) is 28.5 Å². The van der Waals surface area contributed by atoms with E-state index in [0.717, 1.165) is 0 Å². The summed E-state index contributed by atoms with van der Waals surface area (Å²) in [5.41, 5.74) is -1.49. The lowest BCUT2D eigenvalue weighted by atomic mass is 9.86. The molecular formula is C14H22O7. The van der Waals surface area contributed by atoms with Crippen molar-refractivity contribution in [2.75, 3.05) is 6.61 Å². The van der Waals surface area contributed by atoms with Crippen molar-refractivity contribution >= 4 is 6.29 Å². The first-order chi connectivity index (χ1) is 9.67. The van der Waals surface area contributed by atoms with Crippen LogP contribution in [0.4, 0.5) is 0 Å². The standard InChI is InChI=1S/C14H22O7/c1-12(2)17-7-8(19-12)9-14(16,5-6-15)10-11(18-9)21-13(3,4)20-10/h6,8-11,16H,5,7H2,1-4H3/t8?,9-,10+,11-,14?/m1/s1. The third-order valence-electron chi connectivity index (χ3n) is 4.10. The summed E-state index contributed by atoms with van der Waals surface area (Å²) in [6.07, 6.45) is -2.12. The van der Waals surface area contributed by atoms with Gasteiger partial charge in [0, 0.05) is 6.42 Å². The molecule has 120 valence electrons. The molecule has 0 radical (unpaired) electrons. The average Bonchev–Trinajstić information content (AvgIpc) is 2.92. The van der Waals surface area contributed by atoms with E-state index in [4.69, 9.17) is 23.7 Å². The van der Waals surface area contributed by atoms with Crippen molar-refractivity contribution < 1.29 is 33.6 Å². The molecule has 3 saturated heterocycles. The first-order valence-corrected chi connectivity index (χ1v) is 7.16. The van der Waals surface area contributed by atoms with Crippen molar-refractivity contribution in [2.24, 2.45) is 0 Å². The second kappa shape index (κ2) is 4.71. The topological polar surface area (TPSA) is 83.5 Å². The molecule has 5 atom stereocenters. The first kappa shape index (κ1) is 15.3. The maximum absolute atomic E-state index is 11.0. The lowest BCUT2D eigenvalue weighted by Crippen LogP contribution is -2.54. The van der Waals surface area contributed by atoms with Crippen molar-refractivity contribution in [3.05, 3.63) is 0 Å². The Balaban J connectivity index is 1.84. The van der Waals surface area contributed by atoms with Gasteiger partial charge in [0.1, 0.15) is 30.2 Å². The van der Waals surface area contributed by atoms with Gasteiger partial charge < -0.3 is 33.6 Å². The molecular weight excluding hydrogens is 280 g/mol. The van der Waals surface area contributed by atoms with E-state index in [2.05, 4.69) is 0 Å². The number of hydrogen-bond acceptors (Lipinski definition) is 7. The van der Waals surface area contributed by atoms with Crippen LogP contribution in [0.5, 0.6) is 0 Å². The molecule has 0 amide bonds. The summed E-state index contributed by atoms with van der Waals surface area (Å²) in [5.74, 6) is -1.60. The third-order valence-corrected chi connectivity index (χ3v) is 4.10. The Labute approximate surface area is 123 Å². The molecule has 0 spiro atoms. The Bertz CT molecular complexity index is 435. The van der Waals surface area contributed by atoms with E-state index >= 15 is 0 Å². The van der Waals surface area contributed by atoms with Crippen LogP contribution in [0.3, 0.4) is 0 Å². The van der Waals surface area contributed by atoms with Gasteiger partial charge in [-0.25, -0.2) is 0 Å². The molecule has 1 N–H and O–H groups in total. The van der Waals surface area contributed by atoms with Crippen molar-refractivity contribution in [1.29, 1.82) is 0 Å². The van der Waals surface area contributed by atoms with Crippen LogP contribution in [0.25, 0.3) is 0 Å². The van der Waals surface area contributed by atoms with Crippen LogP contribution >= 0.6 is 0 Å². The second-order valence-electron chi connectivity index (χ2n) is 6.71. The Morgan fingerprint density at radius 2 is 1.81 bits per heavy atom. The van der Waals surface area contributed by atoms with E-state index in [9.17, 15) is 9.90 Å². The summed E-state index contributed by atoms with van der Waals surface area (Å²) in [5, 5.41) is 11.0. The zero-order valence-corrected chi connectivity index (χ0v) is 12.7. The summed E-state index contributed by atoms with van der Waals surface area (Å²) in [7, 11) is 0. The molecule has 3 rings (SSSR count). The first-order valence-electron chi connectivity index (χ1n) is 7.16. The minimum absolute atomic E-state index is 0.113. The number of rotatable bonds is 3. The summed E-state index contributed by atoms with van der Waals surface area (Å²) < 4.78 is 28.4. The molecule has 3 aliphatic rings. The SMILES string of the molecule is CC1(C)OCC([C@H]2O[C@@H]3OC(C)(C)O[C@@H]3C2(O)CC=O)O1. The van der Waals surface area contributed by atoms with E-state index in [0.29, 0.717) is 6.29 Å². The molecule has 3 aliphatic heterocycles. The molecule has 0 bridgehead atoms. The van der Waals surface area contributed by atoms with E-state index in [-0.39, 0.29) is 13.0 Å². The van der Waals surface area contributed by atoms with Crippen LogP contribution in [0.2, 0.25) is 0 Å². The van der Waals surface area contributed by atoms with Crippen LogP contribution in [0, 0.1) is 0 Å². The normalized spacial score (nSPS) is 47.5. The highest BCUT2D eigenvalue weighted by molar-refractivity contribution is 5.52. The lowest BCUT2D eigenvalue weighted by molar-refractivity contribution is -0.248. The van der Waals surface area contributed by atoms with Gasteiger partial charge in [0.05, 0.1) is 6.61 Å². The predicted molar refractivity (Wildman–Crippen MR) is 69.2 cm³/mol. The minimum atomic E-state index is -1.49. The van der Waals surface area contributed by atoms with Crippen LogP contribution in [0.15, 0.2) is 0 Å².